The van der Waals surface area contributed by atoms with Gasteiger partial charge in [-0.1, -0.05) is 23.7 Å². The highest BCUT2D eigenvalue weighted by molar-refractivity contribution is 6.33. The number of rotatable bonds is 8. The third-order valence-corrected chi connectivity index (χ3v) is 6.05. The van der Waals surface area contributed by atoms with Crippen molar-refractivity contribution in [1.82, 2.24) is 20.1 Å². The van der Waals surface area contributed by atoms with Gasteiger partial charge in [-0.3, -0.25) is 4.90 Å². The summed E-state index contributed by atoms with van der Waals surface area (Å²) in [7, 11) is 0. The molecule has 0 spiro atoms. The first-order valence-corrected chi connectivity index (χ1v) is 11.6. The number of nitrogens with one attached hydrogen (secondary N) is 1. The summed E-state index contributed by atoms with van der Waals surface area (Å²) in [5, 5.41) is 31.5. The van der Waals surface area contributed by atoms with Gasteiger partial charge in [0.25, 0.3) is 0 Å². The van der Waals surface area contributed by atoms with Gasteiger partial charge in [-0.2, -0.15) is 0 Å². The van der Waals surface area contributed by atoms with E-state index in [1.807, 2.05) is 31.2 Å². The molecule has 0 fully saturated rings. The van der Waals surface area contributed by atoms with Crippen LogP contribution in [0, 0.1) is 6.92 Å². The van der Waals surface area contributed by atoms with E-state index in [1.165, 1.54) is 5.56 Å². The van der Waals surface area contributed by atoms with E-state index >= 15 is 0 Å². The lowest BCUT2D eigenvalue weighted by molar-refractivity contribution is 0.159. The van der Waals surface area contributed by atoms with Crippen LogP contribution in [-0.4, -0.2) is 49.5 Å². The highest BCUT2D eigenvalue weighted by Crippen LogP contribution is 2.33. The number of aromatic hydroxyl groups is 1. The van der Waals surface area contributed by atoms with Gasteiger partial charge in [0, 0.05) is 35.4 Å². The maximum Gasteiger partial charge on any atom is 0.247 e. The van der Waals surface area contributed by atoms with Gasteiger partial charge in [-0.25, -0.2) is 4.98 Å². The van der Waals surface area contributed by atoms with E-state index in [4.69, 9.17) is 11.6 Å². The molecule has 34 heavy (non-hydrogen) atoms. The number of hydrogen-bond acceptors (Lipinski definition) is 7. The average Bonchev–Trinajstić information content (AvgIpc) is 2.81. The number of nitrogens with zero attached hydrogens (tertiary/aromatic N) is 4. The van der Waals surface area contributed by atoms with Crippen LogP contribution in [0.4, 0.5) is 11.6 Å². The molecule has 4 rings (SSSR count). The third kappa shape index (κ3) is 5.44. The van der Waals surface area contributed by atoms with Gasteiger partial charge in [-0.05, 0) is 79.9 Å². The predicted octanol–water partition coefficient (Wildman–Crippen LogP) is 5.31. The molecule has 0 aliphatic rings. The van der Waals surface area contributed by atoms with Crippen LogP contribution >= 0.6 is 11.6 Å². The van der Waals surface area contributed by atoms with Gasteiger partial charge in [0.05, 0.1) is 12.1 Å². The van der Waals surface area contributed by atoms with Crippen LogP contribution in [0.5, 0.6) is 5.75 Å². The Morgan fingerprint density at radius 3 is 2.50 bits per heavy atom. The summed E-state index contributed by atoms with van der Waals surface area (Å²) in [5.74, 6) is 0.563. The highest BCUT2D eigenvalue weighted by Gasteiger charge is 2.12. The minimum absolute atomic E-state index is 0.145. The SMILES string of the molecule is Cc1cc(-c2cc(O)ccc2Cl)cc2nnc(Nc3ccc(CN(CCO)C(C)C)cc3)nc12. The van der Waals surface area contributed by atoms with Crippen LogP contribution in [0.2, 0.25) is 5.02 Å². The van der Waals surface area contributed by atoms with Crippen LogP contribution < -0.4 is 5.32 Å². The molecular weight excluding hydrogens is 450 g/mol. The largest absolute Gasteiger partial charge is 0.508 e. The highest BCUT2D eigenvalue weighted by atomic mass is 35.5. The van der Waals surface area contributed by atoms with Crippen molar-refractivity contribution in [2.24, 2.45) is 0 Å². The number of anilines is 2. The van der Waals surface area contributed by atoms with Crippen molar-refractivity contribution in [2.75, 3.05) is 18.5 Å². The van der Waals surface area contributed by atoms with E-state index in [0.29, 0.717) is 29.1 Å². The van der Waals surface area contributed by atoms with Crippen molar-refractivity contribution in [3.05, 3.63) is 70.7 Å². The van der Waals surface area contributed by atoms with Crippen molar-refractivity contribution in [3.8, 4) is 16.9 Å². The van der Waals surface area contributed by atoms with Crippen molar-refractivity contribution in [1.29, 1.82) is 0 Å². The molecule has 3 N–H and O–H groups in total. The van der Waals surface area contributed by atoms with Crippen molar-refractivity contribution in [3.63, 3.8) is 0 Å². The number of phenolic OH excluding ortho intramolecular Hbond substituents is 1. The predicted molar refractivity (Wildman–Crippen MR) is 137 cm³/mol. The molecule has 8 heteroatoms. The van der Waals surface area contributed by atoms with Gasteiger partial charge >= 0.3 is 0 Å². The number of hydrogen-bond donors (Lipinski definition) is 3. The van der Waals surface area contributed by atoms with Gasteiger partial charge in [-0.15, -0.1) is 10.2 Å². The number of phenols is 1. The Labute approximate surface area is 204 Å². The lowest BCUT2D eigenvalue weighted by Gasteiger charge is -2.25. The van der Waals surface area contributed by atoms with Crippen LogP contribution in [0.1, 0.15) is 25.0 Å². The molecule has 0 aliphatic carbocycles. The molecule has 0 unspecified atom stereocenters. The summed E-state index contributed by atoms with van der Waals surface area (Å²) in [6.45, 7) is 7.77. The maximum absolute atomic E-state index is 9.85. The molecule has 0 atom stereocenters. The van der Waals surface area contributed by atoms with Crippen LogP contribution in [0.15, 0.2) is 54.6 Å². The fraction of sp³-hybridized carbons (Fsp3) is 0.269. The van der Waals surface area contributed by atoms with Gasteiger partial charge in [0.1, 0.15) is 11.3 Å². The Kier molecular flexibility index (Phi) is 7.26. The summed E-state index contributed by atoms with van der Waals surface area (Å²) in [5.41, 5.74) is 5.92. The zero-order valence-electron chi connectivity index (χ0n) is 19.5. The number of aryl methyl sites for hydroxylation is 1. The molecule has 0 amide bonds. The first-order valence-electron chi connectivity index (χ1n) is 11.2. The first kappa shape index (κ1) is 23.9. The lowest BCUT2D eigenvalue weighted by Crippen LogP contribution is -2.32. The smallest absolute Gasteiger partial charge is 0.247 e. The third-order valence-electron chi connectivity index (χ3n) is 5.72. The van der Waals surface area contributed by atoms with Gasteiger partial charge in [0.15, 0.2) is 0 Å². The fourth-order valence-corrected chi connectivity index (χ4v) is 4.09. The van der Waals surface area contributed by atoms with E-state index in [2.05, 4.69) is 51.4 Å². The Balaban J connectivity index is 1.54. The number of aliphatic hydroxyl groups excluding tert-OH is 1. The molecule has 4 aromatic rings. The summed E-state index contributed by atoms with van der Waals surface area (Å²) in [6, 6.07) is 17.1. The summed E-state index contributed by atoms with van der Waals surface area (Å²) >= 11 is 6.33. The molecule has 3 aromatic carbocycles. The quantitative estimate of drug-likeness (QED) is 0.316. The van der Waals surface area contributed by atoms with E-state index in [9.17, 15) is 10.2 Å². The maximum atomic E-state index is 9.85. The van der Waals surface area contributed by atoms with E-state index in [-0.39, 0.29) is 12.4 Å². The molecule has 0 saturated heterocycles. The van der Waals surface area contributed by atoms with Crippen molar-refractivity contribution in [2.45, 2.75) is 33.4 Å². The lowest BCUT2D eigenvalue weighted by atomic mass is 10.0. The van der Waals surface area contributed by atoms with Crippen LogP contribution in [-0.2, 0) is 6.54 Å². The number of benzene rings is 3. The average molecular weight is 478 g/mol. The molecule has 0 radical (unpaired) electrons. The van der Waals surface area contributed by atoms with Crippen molar-refractivity contribution < 1.29 is 10.2 Å². The molecule has 7 nitrogen and oxygen atoms in total. The minimum Gasteiger partial charge on any atom is -0.508 e. The van der Waals surface area contributed by atoms with Crippen LogP contribution in [0.25, 0.3) is 22.2 Å². The Hall–Kier alpha value is -3.26. The van der Waals surface area contributed by atoms with E-state index in [0.717, 1.165) is 34.4 Å². The second kappa shape index (κ2) is 10.3. The summed E-state index contributed by atoms with van der Waals surface area (Å²) in [4.78, 5) is 6.88. The Morgan fingerprint density at radius 1 is 1.03 bits per heavy atom. The normalized spacial score (nSPS) is 11.5. The monoisotopic (exact) mass is 477 g/mol. The number of aliphatic hydroxyl groups is 1. The Bertz CT molecular complexity index is 1290. The molecule has 0 saturated carbocycles. The second-order valence-corrected chi connectivity index (χ2v) is 8.98. The number of halogens is 1. The standard InChI is InChI=1S/C26H28ClN5O2/c1-16(2)32(10-11-33)15-18-4-6-20(7-5-18)28-26-29-25-17(3)12-19(13-24(25)30-31-26)22-14-21(34)8-9-23(22)27/h4-9,12-14,16,33-34H,10-11,15H2,1-3H3,(H,28,29,31). The zero-order valence-corrected chi connectivity index (χ0v) is 20.2. The minimum atomic E-state index is 0.145. The molecule has 0 bridgehead atoms. The summed E-state index contributed by atoms with van der Waals surface area (Å²) in [6.07, 6.45) is 0. The van der Waals surface area contributed by atoms with Gasteiger partial charge < -0.3 is 15.5 Å². The van der Waals surface area contributed by atoms with E-state index < -0.39 is 0 Å². The molecule has 0 aliphatic heterocycles. The molecular formula is C26H28ClN5O2. The topological polar surface area (TPSA) is 94.4 Å². The molecule has 176 valence electrons. The van der Waals surface area contributed by atoms with E-state index in [1.54, 1.807) is 18.2 Å². The second-order valence-electron chi connectivity index (χ2n) is 8.57. The van der Waals surface area contributed by atoms with Crippen molar-refractivity contribution >= 4 is 34.3 Å². The molecule has 1 heterocycles. The zero-order chi connectivity index (χ0) is 24.2. The Morgan fingerprint density at radius 2 is 1.79 bits per heavy atom. The van der Waals surface area contributed by atoms with Gasteiger partial charge in [0.2, 0.25) is 5.95 Å². The number of fused-ring (bicyclic) bond motifs is 1. The summed E-state index contributed by atoms with van der Waals surface area (Å²) < 4.78 is 0. The molecule has 1 aromatic heterocycles. The van der Waals surface area contributed by atoms with Crippen LogP contribution in [0.3, 0.4) is 0 Å². The number of aromatic nitrogens is 3. The fourth-order valence-electron chi connectivity index (χ4n) is 3.86. The first-order chi connectivity index (χ1) is 16.3.